The first-order valence-electron chi connectivity index (χ1n) is 5.74. The minimum Gasteiger partial charge on any atom is -0.478 e. The van der Waals surface area contributed by atoms with Gasteiger partial charge in [-0.15, -0.1) is 0 Å². The molecule has 0 aliphatic heterocycles. The fourth-order valence-corrected chi connectivity index (χ4v) is 2.20. The molecule has 0 radical (unpaired) electrons. The van der Waals surface area contributed by atoms with Gasteiger partial charge >= 0.3 is 5.97 Å². The number of nitrogens with zero attached hydrogens (tertiary/aromatic N) is 2. The molecule has 0 atom stereocenters. The van der Waals surface area contributed by atoms with E-state index in [-0.39, 0.29) is 11.4 Å². The van der Waals surface area contributed by atoms with Crippen molar-refractivity contribution >= 4 is 11.8 Å². The molecule has 0 unspecified atom stereocenters. The molecule has 98 valence electrons. The molecule has 0 saturated carbocycles. The molecule has 1 aliphatic carbocycles. The van der Waals surface area contributed by atoms with Crippen molar-refractivity contribution in [1.82, 2.24) is 4.98 Å². The Morgan fingerprint density at radius 3 is 2.89 bits per heavy atom. The van der Waals surface area contributed by atoms with E-state index in [2.05, 4.69) is 4.98 Å². The van der Waals surface area contributed by atoms with Gasteiger partial charge in [0.05, 0.1) is 6.54 Å². The molecule has 1 N–H and O–H groups in total. The maximum Gasteiger partial charge on any atom is 0.339 e. The van der Waals surface area contributed by atoms with Crippen molar-refractivity contribution in [2.75, 3.05) is 18.5 Å². The van der Waals surface area contributed by atoms with Crippen LogP contribution in [0.4, 0.5) is 14.6 Å². The fourth-order valence-electron chi connectivity index (χ4n) is 2.20. The van der Waals surface area contributed by atoms with Gasteiger partial charge in [-0.1, -0.05) is 0 Å². The zero-order valence-corrected chi connectivity index (χ0v) is 9.99. The van der Waals surface area contributed by atoms with Crippen LogP contribution < -0.4 is 4.90 Å². The molecule has 0 aromatic carbocycles. The van der Waals surface area contributed by atoms with E-state index in [0.717, 1.165) is 30.5 Å². The fraction of sp³-hybridized carbons (Fsp3) is 0.500. The van der Waals surface area contributed by atoms with Crippen molar-refractivity contribution in [3.8, 4) is 0 Å². The summed E-state index contributed by atoms with van der Waals surface area (Å²) in [5, 5.41) is 9.13. The number of aromatic carboxylic acids is 1. The van der Waals surface area contributed by atoms with Gasteiger partial charge in [0.1, 0.15) is 11.4 Å². The summed E-state index contributed by atoms with van der Waals surface area (Å²) in [6.45, 7) is -0.522. The number of hydrogen-bond donors (Lipinski definition) is 1. The van der Waals surface area contributed by atoms with Crippen molar-refractivity contribution in [2.24, 2.45) is 0 Å². The molecule has 0 amide bonds. The van der Waals surface area contributed by atoms with Crippen molar-refractivity contribution in [1.29, 1.82) is 0 Å². The average Bonchev–Trinajstić information content (AvgIpc) is 2.72. The second-order valence-corrected chi connectivity index (χ2v) is 4.40. The number of carboxylic acid groups (broad SMARTS) is 1. The molecule has 1 aromatic rings. The molecule has 0 saturated heterocycles. The minimum absolute atomic E-state index is 0.00111. The predicted octanol–water partition coefficient (Wildman–Crippen LogP) is 1.97. The molecular formula is C12H14F2N2O2. The second kappa shape index (κ2) is 4.88. The summed E-state index contributed by atoms with van der Waals surface area (Å²) in [7, 11) is 1.43. The van der Waals surface area contributed by atoms with Crippen LogP contribution in [0.2, 0.25) is 0 Å². The molecule has 18 heavy (non-hydrogen) atoms. The number of halogens is 2. The first-order chi connectivity index (χ1) is 8.49. The predicted molar refractivity (Wildman–Crippen MR) is 62.5 cm³/mol. The van der Waals surface area contributed by atoms with Gasteiger partial charge in [-0.3, -0.25) is 0 Å². The number of carbonyl (C=O) groups is 1. The second-order valence-electron chi connectivity index (χ2n) is 4.40. The topological polar surface area (TPSA) is 53.4 Å². The van der Waals surface area contributed by atoms with Crippen LogP contribution in [-0.2, 0) is 12.8 Å². The summed E-state index contributed by atoms with van der Waals surface area (Å²) in [5.41, 5.74) is 1.75. The Balaban J connectivity index is 2.41. The van der Waals surface area contributed by atoms with Crippen molar-refractivity contribution in [2.45, 2.75) is 25.7 Å². The molecule has 1 aromatic heterocycles. The lowest BCUT2D eigenvalue weighted by atomic mass is 10.1. The third-order valence-corrected chi connectivity index (χ3v) is 3.03. The van der Waals surface area contributed by atoms with E-state index in [1.54, 1.807) is 6.07 Å². The number of pyridine rings is 1. The highest BCUT2D eigenvalue weighted by molar-refractivity contribution is 5.93. The molecule has 0 fully saturated rings. The van der Waals surface area contributed by atoms with E-state index < -0.39 is 18.9 Å². The van der Waals surface area contributed by atoms with Gasteiger partial charge in [0.25, 0.3) is 6.43 Å². The zero-order chi connectivity index (χ0) is 13.3. The van der Waals surface area contributed by atoms with Crippen LogP contribution in [0.1, 0.15) is 28.0 Å². The lowest BCUT2D eigenvalue weighted by molar-refractivity contribution is 0.0696. The number of alkyl halides is 2. The molecular weight excluding hydrogens is 242 g/mol. The molecule has 4 nitrogen and oxygen atoms in total. The summed E-state index contributed by atoms with van der Waals surface area (Å²) in [4.78, 5) is 16.6. The summed E-state index contributed by atoms with van der Waals surface area (Å²) >= 11 is 0. The smallest absolute Gasteiger partial charge is 0.339 e. The molecule has 2 rings (SSSR count). The number of aryl methyl sites for hydroxylation is 2. The van der Waals surface area contributed by atoms with Gasteiger partial charge in [-0.2, -0.15) is 0 Å². The highest BCUT2D eigenvalue weighted by atomic mass is 19.3. The van der Waals surface area contributed by atoms with Crippen LogP contribution in [-0.4, -0.2) is 36.1 Å². The third kappa shape index (κ3) is 2.42. The van der Waals surface area contributed by atoms with E-state index in [4.69, 9.17) is 5.11 Å². The van der Waals surface area contributed by atoms with Gasteiger partial charge in [0.2, 0.25) is 0 Å². The van der Waals surface area contributed by atoms with E-state index in [1.165, 1.54) is 11.9 Å². The number of hydrogen-bond acceptors (Lipinski definition) is 3. The van der Waals surface area contributed by atoms with Gasteiger partial charge in [0.15, 0.2) is 0 Å². The van der Waals surface area contributed by atoms with E-state index >= 15 is 0 Å². The Hall–Kier alpha value is -1.72. The summed E-state index contributed by atoms with van der Waals surface area (Å²) in [6.07, 6.45) is 0.00185. The van der Waals surface area contributed by atoms with Crippen molar-refractivity contribution < 1.29 is 18.7 Å². The Labute approximate surface area is 103 Å². The quantitative estimate of drug-likeness (QED) is 0.894. The number of rotatable bonds is 4. The number of aromatic nitrogens is 1. The maximum atomic E-state index is 12.4. The Morgan fingerprint density at radius 2 is 2.28 bits per heavy atom. The van der Waals surface area contributed by atoms with Crippen LogP contribution in [0, 0.1) is 0 Å². The van der Waals surface area contributed by atoms with Gasteiger partial charge in [0, 0.05) is 12.7 Å². The number of carboxylic acids is 1. The lowest BCUT2D eigenvalue weighted by Gasteiger charge is -2.20. The van der Waals surface area contributed by atoms with Crippen molar-refractivity contribution in [3.05, 3.63) is 22.9 Å². The monoisotopic (exact) mass is 256 g/mol. The maximum absolute atomic E-state index is 12.4. The van der Waals surface area contributed by atoms with E-state index in [1.807, 2.05) is 0 Å². The Bertz CT molecular complexity index is 477. The van der Waals surface area contributed by atoms with Crippen LogP contribution in [0.25, 0.3) is 0 Å². The van der Waals surface area contributed by atoms with E-state index in [9.17, 15) is 13.6 Å². The highest BCUT2D eigenvalue weighted by Crippen LogP contribution is 2.27. The average molecular weight is 256 g/mol. The molecule has 1 heterocycles. The van der Waals surface area contributed by atoms with Crippen LogP contribution >= 0.6 is 0 Å². The zero-order valence-electron chi connectivity index (χ0n) is 9.99. The lowest BCUT2D eigenvalue weighted by Crippen LogP contribution is -2.27. The standard InChI is InChI=1S/C12H14F2N2O2/c1-16(6-10(13)14)11-8(12(17)18)5-7-3-2-4-9(7)15-11/h5,10H,2-4,6H2,1H3,(H,17,18). The molecule has 1 aliphatic rings. The first kappa shape index (κ1) is 12.7. The third-order valence-electron chi connectivity index (χ3n) is 3.03. The van der Waals surface area contributed by atoms with Gasteiger partial charge in [-0.05, 0) is 30.9 Å². The molecule has 6 heteroatoms. The molecule has 0 bridgehead atoms. The minimum atomic E-state index is -2.52. The Kier molecular flexibility index (Phi) is 3.45. The SMILES string of the molecule is CN(CC(F)F)c1nc2c(cc1C(=O)O)CCC2. The summed E-state index contributed by atoms with van der Waals surface area (Å²) in [6, 6.07) is 1.56. The number of fused-ring (bicyclic) bond motifs is 1. The Morgan fingerprint density at radius 1 is 1.56 bits per heavy atom. The first-order valence-corrected chi connectivity index (χ1v) is 5.74. The van der Waals surface area contributed by atoms with Crippen LogP contribution in [0.15, 0.2) is 6.07 Å². The molecule has 0 spiro atoms. The van der Waals surface area contributed by atoms with E-state index in [0.29, 0.717) is 0 Å². The van der Waals surface area contributed by atoms with Gasteiger partial charge in [-0.25, -0.2) is 18.6 Å². The van der Waals surface area contributed by atoms with Gasteiger partial charge < -0.3 is 10.0 Å². The summed E-state index contributed by atoms with van der Waals surface area (Å²) in [5.74, 6) is -1.00. The largest absolute Gasteiger partial charge is 0.478 e. The normalized spacial score (nSPS) is 13.8. The highest BCUT2D eigenvalue weighted by Gasteiger charge is 2.23. The van der Waals surface area contributed by atoms with Crippen LogP contribution in [0.3, 0.4) is 0 Å². The summed E-state index contributed by atoms with van der Waals surface area (Å²) < 4.78 is 24.7. The van der Waals surface area contributed by atoms with Crippen molar-refractivity contribution in [3.63, 3.8) is 0 Å². The number of anilines is 1. The van der Waals surface area contributed by atoms with Crippen LogP contribution in [0.5, 0.6) is 0 Å².